The van der Waals surface area contributed by atoms with E-state index in [-0.39, 0.29) is 0 Å². The lowest BCUT2D eigenvalue weighted by Crippen LogP contribution is -1.98. The molecular formula is C7H4I2O3. The van der Waals surface area contributed by atoms with E-state index in [9.17, 15) is 4.79 Å². The van der Waals surface area contributed by atoms with Crippen LogP contribution < -0.4 is 3.07 Å². The van der Waals surface area contributed by atoms with E-state index in [0.717, 1.165) is 0 Å². The molecule has 0 spiro atoms. The first-order valence-corrected chi connectivity index (χ1v) is 4.76. The van der Waals surface area contributed by atoms with Crippen LogP contribution in [0.4, 0.5) is 0 Å². The van der Waals surface area contributed by atoms with Gasteiger partial charge in [0.05, 0.1) is 0 Å². The number of carbonyl (C=O) groups excluding carboxylic acids is 1. The topological polar surface area (TPSA) is 35.5 Å². The molecule has 0 fully saturated rings. The Morgan fingerprint density at radius 1 is 1.25 bits per heavy atom. The monoisotopic (exact) mass is 390 g/mol. The first-order chi connectivity index (χ1) is 5.79. The molecule has 0 saturated carbocycles. The fourth-order valence-electron chi connectivity index (χ4n) is 0.744. The van der Waals surface area contributed by atoms with Gasteiger partial charge in [0.1, 0.15) is 11.3 Å². The highest BCUT2D eigenvalue weighted by atomic mass is 127. The average Bonchev–Trinajstić information content (AvgIpc) is 2.16. The van der Waals surface area contributed by atoms with Crippen LogP contribution in [0.5, 0.6) is 5.75 Å². The van der Waals surface area contributed by atoms with Gasteiger partial charge in [0, 0.05) is 0 Å². The van der Waals surface area contributed by atoms with Crippen molar-refractivity contribution in [2.24, 2.45) is 0 Å². The van der Waals surface area contributed by atoms with E-state index in [1.54, 1.807) is 70.3 Å². The minimum atomic E-state index is -0.400. The zero-order valence-corrected chi connectivity index (χ0v) is 10.1. The van der Waals surface area contributed by atoms with Gasteiger partial charge in [-0.25, -0.2) is 4.79 Å². The van der Waals surface area contributed by atoms with Crippen LogP contribution >= 0.6 is 46.0 Å². The number of carbonyl (C=O) groups is 1. The molecule has 5 heteroatoms. The van der Waals surface area contributed by atoms with Crippen LogP contribution in [0.3, 0.4) is 0 Å². The molecule has 0 bridgehead atoms. The second kappa shape index (κ2) is 4.85. The summed E-state index contributed by atoms with van der Waals surface area (Å²) in [5, 5.41) is 0. The van der Waals surface area contributed by atoms with Gasteiger partial charge in [-0.05, 0) is 12.1 Å². The third-order valence-corrected chi connectivity index (χ3v) is 2.13. The lowest BCUT2D eigenvalue weighted by molar-refractivity contribution is 0.0799. The molecule has 0 aliphatic carbocycles. The molecule has 0 radical (unpaired) electrons. The standard InChI is InChI=1S/C7H4I2O3/c8-11-6-4-2-1-3-5(6)7(10)12-9/h1-4H. The largest absolute Gasteiger partial charge is 0.427 e. The Bertz CT molecular complexity index is 288. The minimum absolute atomic E-state index is 0.400. The number of benzene rings is 1. The highest BCUT2D eigenvalue weighted by Crippen LogP contribution is 2.21. The fraction of sp³-hybridized carbons (Fsp3) is 0. The van der Waals surface area contributed by atoms with Gasteiger partial charge in [-0.3, -0.25) is 0 Å². The van der Waals surface area contributed by atoms with Crippen LogP contribution in [0.25, 0.3) is 0 Å². The summed E-state index contributed by atoms with van der Waals surface area (Å²) in [4.78, 5) is 11.1. The molecule has 64 valence electrons. The van der Waals surface area contributed by atoms with Crippen molar-refractivity contribution < 1.29 is 10.9 Å². The molecular weight excluding hydrogens is 386 g/mol. The maximum atomic E-state index is 11.1. The summed E-state index contributed by atoms with van der Waals surface area (Å²) >= 11 is 3.26. The molecule has 0 N–H and O–H groups in total. The summed E-state index contributed by atoms with van der Waals surface area (Å²) in [6.45, 7) is 0. The average molecular weight is 390 g/mol. The quantitative estimate of drug-likeness (QED) is 0.729. The molecule has 0 unspecified atom stereocenters. The van der Waals surface area contributed by atoms with Gasteiger partial charge in [-0.2, -0.15) is 0 Å². The fourth-order valence-corrected chi connectivity index (χ4v) is 1.37. The van der Waals surface area contributed by atoms with Gasteiger partial charge >= 0.3 is 5.97 Å². The maximum Gasteiger partial charge on any atom is 0.351 e. The van der Waals surface area contributed by atoms with Gasteiger partial charge in [0.25, 0.3) is 0 Å². The third-order valence-electron chi connectivity index (χ3n) is 1.26. The lowest BCUT2D eigenvalue weighted by atomic mass is 10.2. The van der Waals surface area contributed by atoms with E-state index in [1.807, 2.05) is 0 Å². The van der Waals surface area contributed by atoms with Crippen LogP contribution in [0.2, 0.25) is 0 Å². The Hall–Kier alpha value is -0.0500. The smallest absolute Gasteiger partial charge is 0.351 e. The van der Waals surface area contributed by atoms with Crippen LogP contribution in [0.1, 0.15) is 10.4 Å². The van der Waals surface area contributed by atoms with Crippen LogP contribution in [-0.4, -0.2) is 5.97 Å². The summed E-state index contributed by atoms with van der Waals surface area (Å²) < 4.78 is 9.46. The summed E-state index contributed by atoms with van der Waals surface area (Å²) in [7, 11) is 0. The second-order valence-corrected chi connectivity index (χ2v) is 2.82. The molecule has 12 heavy (non-hydrogen) atoms. The number of hydrogen-bond acceptors (Lipinski definition) is 3. The molecule has 1 aromatic carbocycles. The third kappa shape index (κ3) is 2.22. The van der Waals surface area contributed by atoms with Crippen molar-refractivity contribution in [3.05, 3.63) is 29.8 Å². The zero-order valence-electron chi connectivity index (χ0n) is 5.79. The van der Waals surface area contributed by atoms with Crippen molar-refractivity contribution >= 4 is 52.0 Å². The minimum Gasteiger partial charge on any atom is -0.427 e. The summed E-state index contributed by atoms with van der Waals surface area (Å²) in [6, 6.07) is 6.89. The Kier molecular flexibility index (Phi) is 4.06. The van der Waals surface area contributed by atoms with E-state index in [0.29, 0.717) is 11.3 Å². The first-order valence-electron chi connectivity index (χ1n) is 3.00. The summed E-state index contributed by atoms with van der Waals surface area (Å²) in [5.74, 6) is 0.114. The number of para-hydroxylation sites is 1. The zero-order chi connectivity index (χ0) is 8.97. The van der Waals surface area contributed by atoms with E-state index >= 15 is 0 Å². The van der Waals surface area contributed by atoms with Gasteiger partial charge in [-0.15, -0.1) is 0 Å². The van der Waals surface area contributed by atoms with Crippen molar-refractivity contribution in [3.8, 4) is 5.75 Å². The second-order valence-electron chi connectivity index (χ2n) is 1.94. The van der Waals surface area contributed by atoms with Crippen molar-refractivity contribution in [2.75, 3.05) is 0 Å². The number of hydrogen-bond donors (Lipinski definition) is 0. The predicted octanol–water partition coefficient (Wildman–Crippen LogP) is 2.92. The number of rotatable bonds is 2. The number of halogens is 2. The Morgan fingerprint density at radius 2 is 1.92 bits per heavy atom. The molecule has 0 saturated heterocycles. The highest BCUT2D eigenvalue weighted by molar-refractivity contribution is 14.1. The normalized spacial score (nSPS) is 9.17. The molecule has 3 nitrogen and oxygen atoms in total. The molecule has 0 atom stereocenters. The lowest BCUT2D eigenvalue weighted by Gasteiger charge is -2.01. The molecule has 1 rings (SSSR count). The summed E-state index contributed by atoms with van der Waals surface area (Å²) in [6.07, 6.45) is 0. The van der Waals surface area contributed by atoms with Crippen molar-refractivity contribution in [1.82, 2.24) is 0 Å². The van der Waals surface area contributed by atoms with Crippen molar-refractivity contribution in [2.45, 2.75) is 0 Å². The molecule has 0 aromatic heterocycles. The van der Waals surface area contributed by atoms with E-state index in [4.69, 9.17) is 3.07 Å². The van der Waals surface area contributed by atoms with Gasteiger partial charge in [-0.1, -0.05) is 12.1 Å². The molecule has 0 aliphatic rings. The first kappa shape index (κ1) is 10.0. The van der Waals surface area contributed by atoms with Crippen molar-refractivity contribution in [1.29, 1.82) is 0 Å². The molecule has 0 heterocycles. The van der Waals surface area contributed by atoms with Crippen molar-refractivity contribution in [3.63, 3.8) is 0 Å². The van der Waals surface area contributed by atoms with Gasteiger partial charge in [0.15, 0.2) is 46.0 Å². The predicted molar refractivity (Wildman–Crippen MR) is 60.5 cm³/mol. The van der Waals surface area contributed by atoms with Gasteiger partial charge < -0.3 is 6.13 Å². The van der Waals surface area contributed by atoms with Crippen LogP contribution in [0.15, 0.2) is 24.3 Å². The van der Waals surface area contributed by atoms with E-state index in [1.165, 1.54) is 0 Å². The Balaban J connectivity index is 3.04. The molecule has 0 amide bonds. The SMILES string of the molecule is O=C(OI)c1ccccc1OI. The Labute approximate surface area is 97.8 Å². The van der Waals surface area contributed by atoms with Crippen LogP contribution in [0, 0.1) is 0 Å². The Morgan fingerprint density at radius 3 is 2.50 bits per heavy atom. The molecule has 0 aliphatic heterocycles. The molecule has 1 aromatic rings. The highest BCUT2D eigenvalue weighted by Gasteiger charge is 2.11. The summed E-state index contributed by atoms with van der Waals surface area (Å²) in [5.41, 5.74) is 0.432. The van der Waals surface area contributed by atoms with Crippen LogP contribution in [-0.2, 0) is 3.07 Å². The van der Waals surface area contributed by atoms with E-state index < -0.39 is 5.97 Å². The maximum absolute atomic E-state index is 11.1. The van der Waals surface area contributed by atoms with E-state index in [2.05, 4.69) is 3.07 Å². The van der Waals surface area contributed by atoms with Gasteiger partial charge in [0.2, 0.25) is 0 Å².